The van der Waals surface area contributed by atoms with E-state index in [9.17, 15) is 0 Å². The van der Waals surface area contributed by atoms with Crippen LogP contribution in [0.5, 0.6) is 0 Å². The molecule has 0 fully saturated rings. The molecule has 0 saturated carbocycles. The van der Waals surface area contributed by atoms with Crippen LogP contribution in [0, 0.1) is 5.92 Å². The summed E-state index contributed by atoms with van der Waals surface area (Å²) in [7, 11) is 0. The van der Waals surface area contributed by atoms with Crippen LogP contribution in [0.1, 0.15) is 89.4 Å². The maximum Gasteiger partial charge on any atom is 0.133 e. The summed E-state index contributed by atoms with van der Waals surface area (Å²) in [5, 5.41) is 3.83. The molecule has 0 radical (unpaired) electrons. The molecule has 11 aromatic rings. The molecule has 0 spiro atoms. The lowest BCUT2D eigenvalue weighted by Gasteiger charge is -2.36. The fraction of sp³-hybridized carbons (Fsp3) is 0.149. The summed E-state index contributed by atoms with van der Waals surface area (Å²) < 4.78 is 5.01. The van der Waals surface area contributed by atoms with Gasteiger partial charge in [-0.3, -0.25) is 9.98 Å². The molecule has 80 heavy (non-hydrogen) atoms. The number of nitrogens with two attached hydrogens (primary N) is 1. The van der Waals surface area contributed by atoms with E-state index in [0.29, 0.717) is 24.2 Å². The smallest absolute Gasteiger partial charge is 0.133 e. The van der Waals surface area contributed by atoms with E-state index in [2.05, 4.69) is 247 Å². The van der Waals surface area contributed by atoms with Gasteiger partial charge in [-0.05, 0) is 131 Å². The SMILES string of the molecule is C=N/C(=C\C(=NCc1ccccc1-n1c2ccccc2c2cc3c(cc21)C(C)(C)C1Cc2c(c4ccccc4n2-c2ccccc2C(N)=N/C(=C\Cc2ccccc2)c2ccccc2)CC31)c1ccccc1)c1ccccc1.CC. The fourth-order valence-corrected chi connectivity index (χ4v) is 12.8. The minimum absolute atomic E-state index is 0.140. The quantitative estimate of drug-likeness (QED) is 0.0907. The topological polar surface area (TPSA) is 73.0 Å². The molecule has 6 heteroatoms. The molecule has 392 valence electrons. The van der Waals surface area contributed by atoms with Gasteiger partial charge in [0.2, 0.25) is 0 Å². The van der Waals surface area contributed by atoms with Crippen LogP contribution in [-0.2, 0) is 31.2 Å². The first kappa shape index (κ1) is 51.4. The van der Waals surface area contributed by atoms with Crippen LogP contribution in [0.15, 0.2) is 258 Å². The number of benzene rings is 9. The second-order valence-corrected chi connectivity index (χ2v) is 21.3. The summed E-state index contributed by atoms with van der Waals surface area (Å²) in [6, 6.07) is 81.8. The molecule has 2 atom stereocenters. The first-order valence-corrected chi connectivity index (χ1v) is 28.2. The van der Waals surface area contributed by atoms with Gasteiger partial charge in [0, 0.05) is 33.0 Å². The first-order chi connectivity index (χ1) is 39.3. The normalized spacial score (nSPS) is 16.0. The van der Waals surface area contributed by atoms with Crippen molar-refractivity contribution >= 4 is 62.4 Å². The lowest BCUT2D eigenvalue weighted by atomic mass is 9.69. The van der Waals surface area contributed by atoms with E-state index in [1.807, 2.05) is 44.2 Å². The molecule has 0 saturated heterocycles. The Kier molecular flexibility index (Phi) is 14.2. The number of fused-ring (bicyclic) bond motifs is 9. The third-order valence-corrected chi connectivity index (χ3v) is 16.6. The lowest BCUT2D eigenvalue weighted by molar-refractivity contribution is 0.283. The Morgan fingerprint density at radius 3 is 1.82 bits per heavy atom. The highest BCUT2D eigenvalue weighted by atomic mass is 15.0. The Bertz CT molecular complexity index is 4190. The standard InChI is InChI=1S/C72H60N6.C2H6/c1-72(2)60-44-69-58(53-33-17-21-37-66(53)77(69)65-36-20-16-32-52(65)47-75-64(51-30-14-7-15-31-51)46-63(74-3)50-28-12-6-13-29-50)42-56(60)57-43-59-54-34-18-22-38-67(54)78(70(59)45-61(57)72)68-39-23-19-35-55(68)71(73)76-62(49-26-10-5-11-27-49)41-40-48-24-8-4-9-25-48;1-2/h4-39,41-42,44,46,57,61H,3,40,43,45,47H2,1-2H3,(H2,73,76);1-2H3/b62-41-,63-46-,75-64?;. The third-order valence-electron chi connectivity index (χ3n) is 16.6. The van der Waals surface area contributed by atoms with Gasteiger partial charge in [0.1, 0.15) is 5.84 Å². The first-order valence-electron chi connectivity index (χ1n) is 28.2. The molecular weight excluding hydrogens is 973 g/mol. The summed E-state index contributed by atoms with van der Waals surface area (Å²) >= 11 is 0. The van der Waals surface area contributed by atoms with Crippen LogP contribution in [0.25, 0.3) is 55.5 Å². The second-order valence-electron chi connectivity index (χ2n) is 21.3. The molecule has 0 amide bonds. The van der Waals surface area contributed by atoms with Crippen LogP contribution in [0.3, 0.4) is 0 Å². The molecule has 2 aliphatic carbocycles. The average Bonchev–Trinajstić information content (AvgIpc) is 4.22. The molecule has 6 nitrogen and oxygen atoms in total. The number of aliphatic imine (C=N–C) groups is 3. The van der Waals surface area contributed by atoms with Crippen molar-refractivity contribution in [1.82, 2.24) is 9.13 Å². The molecule has 2 N–H and O–H groups in total. The summed E-state index contributed by atoms with van der Waals surface area (Å²) in [6.07, 6.45) is 6.87. The molecule has 2 aliphatic rings. The monoisotopic (exact) mass is 1040 g/mol. The highest BCUT2D eigenvalue weighted by molar-refractivity contribution is 6.13. The highest BCUT2D eigenvalue weighted by Crippen LogP contribution is 2.58. The van der Waals surface area contributed by atoms with Crippen molar-refractivity contribution in [2.24, 2.45) is 26.6 Å². The van der Waals surface area contributed by atoms with Gasteiger partial charge >= 0.3 is 0 Å². The number of rotatable bonds is 13. The second kappa shape index (κ2) is 22.2. The van der Waals surface area contributed by atoms with Gasteiger partial charge in [-0.15, -0.1) is 0 Å². The number of nitrogens with zero attached hydrogens (tertiary/aromatic N) is 5. The van der Waals surface area contributed by atoms with Crippen LogP contribution in [-0.4, -0.2) is 27.4 Å². The Hall–Kier alpha value is -9.39. The number of hydrogen-bond acceptors (Lipinski definition) is 3. The number of allylic oxidation sites excluding steroid dienone is 2. The zero-order chi connectivity index (χ0) is 54.7. The van der Waals surface area contributed by atoms with Gasteiger partial charge in [0.15, 0.2) is 0 Å². The van der Waals surface area contributed by atoms with E-state index >= 15 is 0 Å². The summed E-state index contributed by atoms with van der Waals surface area (Å²) in [6.45, 7) is 13.4. The fourth-order valence-electron chi connectivity index (χ4n) is 12.8. The van der Waals surface area contributed by atoms with Crippen molar-refractivity contribution in [3.05, 3.63) is 298 Å². The van der Waals surface area contributed by atoms with Crippen molar-refractivity contribution < 1.29 is 0 Å². The number of aromatic nitrogens is 2. The lowest BCUT2D eigenvalue weighted by Crippen LogP contribution is -2.32. The molecule has 0 aliphatic heterocycles. The summed E-state index contributed by atoms with van der Waals surface area (Å²) in [5.74, 6) is 1.19. The van der Waals surface area contributed by atoms with Gasteiger partial charge in [-0.25, -0.2) is 4.99 Å². The molecule has 2 unspecified atom stereocenters. The van der Waals surface area contributed by atoms with E-state index in [0.717, 1.165) is 75.6 Å². The van der Waals surface area contributed by atoms with Gasteiger partial charge in [0.05, 0.1) is 51.6 Å². The van der Waals surface area contributed by atoms with E-state index in [4.69, 9.17) is 15.7 Å². The summed E-state index contributed by atoms with van der Waals surface area (Å²) in [4.78, 5) is 15.1. The average molecular weight is 1040 g/mol. The van der Waals surface area contributed by atoms with Crippen LogP contribution >= 0.6 is 0 Å². The van der Waals surface area contributed by atoms with Crippen molar-refractivity contribution in [1.29, 1.82) is 0 Å². The van der Waals surface area contributed by atoms with Gasteiger partial charge in [-0.2, -0.15) is 0 Å². The minimum atomic E-state index is -0.140. The van der Waals surface area contributed by atoms with Crippen molar-refractivity contribution in [2.75, 3.05) is 0 Å². The number of para-hydroxylation sites is 4. The third kappa shape index (κ3) is 9.41. The largest absolute Gasteiger partial charge is 0.383 e. The van der Waals surface area contributed by atoms with Crippen molar-refractivity contribution in [2.45, 2.75) is 64.8 Å². The van der Waals surface area contributed by atoms with Crippen LogP contribution in [0.2, 0.25) is 0 Å². The molecule has 9 aromatic carbocycles. The van der Waals surface area contributed by atoms with E-state index < -0.39 is 0 Å². The zero-order valence-electron chi connectivity index (χ0n) is 46.1. The van der Waals surface area contributed by atoms with Crippen molar-refractivity contribution in [3.63, 3.8) is 0 Å². The predicted molar refractivity (Wildman–Crippen MR) is 338 cm³/mol. The number of amidine groups is 1. The van der Waals surface area contributed by atoms with Crippen molar-refractivity contribution in [3.8, 4) is 11.4 Å². The van der Waals surface area contributed by atoms with E-state index in [1.54, 1.807) is 0 Å². The van der Waals surface area contributed by atoms with E-state index in [-0.39, 0.29) is 5.41 Å². The van der Waals surface area contributed by atoms with Gasteiger partial charge < -0.3 is 14.9 Å². The molecule has 2 aromatic heterocycles. The Morgan fingerprint density at radius 2 is 1.14 bits per heavy atom. The van der Waals surface area contributed by atoms with Gasteiger partial charge in [-0.1, -0.05) is 222 Å². The molecular formula is C74H66N6. The maximum atomic E-state index is 7.23. The Morgan fingerprint density at radius 1 is 0.575 bits per heavy atom. The van der Waals surface area contributed by atoms with Crippen LogP contribution < -0.4 is 5.73 Å². The van der Waals surface area contributed by atoms with Gasteiger partial charge in [0.25, 0.3) is 0 Å². The molecule has 2 heterocycles. The molecule has 0 bridgehead atoms. The maximum absolute atomic E-state index is 7.23. The number of hydrogen-bond donors (Lipinski definition) is 1. The predicted octanol–water partition coefficient (Wildman–Crippen LogP) is 17.3. The summed E-state index contributed by atoms with van der Waals surface area (Å²) in [5.41, 5.74) is 27.4. The highest BCUT2D eigenvalue weighted by Gasteiger charge is 2.50. The zero-order valence-corrected chi connectivity index (χ0v) is 46.1. The molecule has 13 rings (SSSR count). The Labute approximate surface area is 470 Å². The Balaban J connectivity index is 0.00000315. The van der Waals surface area contributed by atoms with Crippen LogP contribution in [0.4, 0.5) is 0 Å². The van der Waals surface area contributed by atoms with E-state index in [1.165, 1.54) is 60.7 Å². The minimum Gasteiger partial charge on any atom is -0.383 e.